The van der Waals surface area contributed by atoms with Gasteiger partial charge in [0.2, 0.25) is 12.7 Å². The van der Waals surface area contributed by atoms with Gasteiger partial charge in [-0.05, 0) is 31.4 Å². The summed E-state index contributed by atoms with van der Waals surface area (Å²) in [7, 11) is 0. The van der Waals surface area contributed by atoms with E-state index in [0.717, 1.165) is 34.2 Å². The van der Waals surface area contributed by atoms with Crippen LogP contribution in [0.1, 0.15) is 12.5 Å². The Hall–Kier alpha value is -2.18. The van der Waals surface area contributed by atoms with Gasteiger partial charge in [0.05, 0.1) is 12.2 Å². The number of rotatable bonds is 4. The number of carbonyl (C=O) groups excluding carboxylic acids is 1. The molecule has 1 amide bonds. The van der Waals surface area contributed by atoms with Gasteiger partial charge < -0.3 is 14.4 Å². The highest BCUT2D eigenvalue weighted by Gasteiger charge is 2.32. The van der Waals surface area contributed by atoms with Gasteiger partial charge in [0, 0.05) is 29.6 Å². The number of amides is 1. The van der Waals surface area contributed by atoms with Crippen molar-refractivity contribution in [1.82, 2.24) is 4.90 Å². The third kappa shape index (κ3) is 3.15. The zero-order chi connectivity index (χ0) is 18.1. The lowest BCUT2D eigenvalue weighted by molar-refractivity contribution is -0.122. The second-order valence-electron chi connectivity index (χ2n) is 6.61. The first-order valence-corrected chi connectivity index (χ1v) is 9.95. The molecule has 0 unspecified atom stereocenters. The molecule has 0 saturated carbocycles. The molecule has 2 aliphatic heterocycles. The first-order chi connectivity index (χ1) is 12.7. The lowest BCUT2D eigenvalue weighted by atomic mass is 10.1. The van der Waals surface area contributed by atoms with E-state index < -0.39 is 0 Å². The molecule has 2 aliphatic rings. The van der Waals surface area contributed by atoms with Crippen LogP contribution in [-0.4, -0.2) is 43.0 Å². The fraction of sp³-hybridized carbons (Fsp3) is 0.350. The van der Waals surface area contributed by atoms with E-state index in [0.29, 0.717) is 13.1 Å². The molecule has 0 aliphatic carbocycles. The Labute approximate surface area is 157 Å². The predicted octanol–water partition coefficient (Wildman–Crippen LogP) is 3.37. The SMILES string of the molecule is CSc1ccccc1N1C(=O)CN(Cc2cccc3c2OCO3)C[C@@H]1C. The summed E-state index contributed by atoms with van der Waals surface area (Å²) >= 11 is 1.67. The van der Waals surface area contributed by atoms with E-state index in [1.807, 2.05) is 47.6 Å². The number of carbonyl (C=O) groups is 1. The van der Waals surface area contributed by atoms with E-state index in [9.17, 15) is 4.79 Å². The van der Waals surface area contributed by atoms with Crippen LogP contribution in [0.5, 0.6) is 11.5 Å². The van der Waals surface area contributed by atoms with Gasteiger partial charge in [-0.3, -0.25) is 9.69 Å². The zero-order valence-corrected chi connectivity index (χ0v) is 15.8. The minimum atomic E-state index is 0.110. The highest BCUT2D eigenvalue weighted by Crippen LogP contribution is 2.37. The summed E-state index contributed by atoms with van der Waals surface area (Å²) in [4.78, 5) is 18.2. The van der Waals surface area contributed by atoms with E-state index in [1.54, 1.807) is 11.8 Å². The number of para-hydroxylation sites is 2. The monoisotopic (exact) mass is 370 g/mol. The Morgan fingerprint density at radius 1 is 1.15 bits per heavy atom. The average molecular weight is 370 g/mol. The third-order valence-corrected chi connectivity index (χ3v) is 5.59. The molecular formula is C20H22N2O3S. The van der Waals surface area contributed by atoms with E-state index >= 15 is 0 Å². The van der Waals surface area contributed by atoms with E-state index in [2.05, 4.69) is 17.9 Å². The van der Waals surface area contributed by atoms with Crippen molar-refractivity contribution in [1.29, 1.82) is 0 Å². The average Bonchev–Trinajstić information content (AvgIpc) is 3.11. The van der Waals surface area contributed by atoms with E-state index in [4.69, 9.17) is 9.47 Å². The molecule has 2 aromatic rings. The maximum Gasteiger partial charge on any atom is 0.241 e. The number of nitrogens with zero attached hydrogens (tertiary/aromatic N) is 2. The summed E-state index contributed by atoms with van der Waals surface area (Å²) < 4.78 is 11.1. The maximum absolute atomic E-state index is 12.9. The van der Waals surface area contributed by atoms with Crippen molar-refractivity contribution >= 4 is 23.4 Å². The van der Waals surface area contributed by atoms with Gasteiger partial charge >= 0.3 is 0 Å². The van der Waals surface area contributed by atoms with Crippen LogP contribution in [0.3, 0.4) is 0 Å². The van der Waals surface area contributed by atoms with Crippen LogP contribution in [0.4, 0.5) is 5.69 Å². The van der Waals surface area contributed by atoms with Crippen LogP contribution >= 0.6 is 11.8 Å². The molecule has 0 spiro atoms. The fourth-order valence-corrected chi connectivity index (χ4v) is 4.30. The van der Waals surface area contributed by atoms with Crippen LogP contribution < -0.4 is 14.4 Å². The molecule has 1 atom stereocenters. The van der Waals surface area contributed by atoms with Gasteiger partial charge in [0.15, 0.2) is 11.5 Å². The number of piperazine rings is 1. The van der Waals surface area contributed by atoms with Gasteiger partial charge in [-0.15, -0.1) is 11.8 Å². The first-order valence-electron chi connectivity index (χ1n) is 8.72. The third-order valence-electron chi connectivity index (χ3n) is 4.81. The van der Waals surface area contributed by atoms with Crippen molar-refractivity contribution in [3.63, 3.8) is 0 Å². The second-order valence-corrected chi connectivity index (χ2v) is 7.45. The van der Waals surface area contributed by atoms with Crippen molar-refractivity contribution in [3.05, 3.63) is 48.0 Å². The molecule has 4 rings (SSSR count). The molecule has 0 N–H and O–H groups in total. The molecule has 26 heavy (non-hydrogen) atoms. The molecule has 1 saturated heterocycles. The van der Waals surface area contributed by atoms with Gasteiger partial charge in [-0.25, -0.2) is 0 Å². The summed E-state index contributed by atoms with van der Waals surface area (Å²) in [6.45, 7) is 4.27. The predicted molar refractivity (Wildman–Crippen MR) is 103 cm³/mol. The zero-order valence-electron chi connectivity index (χ0n) is 15.0. The summed E-state index contributed by atoms with van der Waals surface area (Å²) in [6, 6.07) is 14.1. The van der Waals surface area contributed by atoms with Crippen molar-refractivity contribution in [2.24, 2.45) is 0 Å². The Kier molecular flexibility index (Phi) is 4.78. The molecule has 0 aromatic heterocycles. The number of fused-ring (bicyclic) bond motifs is 1. The minimum Gasteiger partial charge on any atom is -0.454 e. The van der Waals surface area contributed by atoms with Crippen LogP contribution in [0.25, 0.3) is 0 Å². The standard InChI is InChI=1S/C20H22N2O3S/c1-14-10-21(11-15-6-5-8-17-20(15)25-13-24-17)12-19(23)22(14)16-7-3-4-9-18(16)26-2/h3-9,14H,10-13H2,1-2H3/t14-/m0/s1. The Morgan fingerprint density at radius 3 is 2.81 bits per heavy atom. The lowest BCUT2D eigenvalue weighted by Gasteiger charge is -2.40. The molecule has 2 aromatic carbocycles. The van der Waals surface area contributed by atoms with Crippen LogP contribution in [0.15, 0.2) is 47.4 Å². The minimum absolute atomic E-state index is 0.110. The van der Waals surface area contributed by atoms with Crippen molar-refractivity contribution in [3.8, 4) is 11.5 Å². The quantitative estimate of drug-likeness (QED) is 0.772. The van der Waals surface area contributed by atoms with Gasteiger partial charge in [0.25, 0.3) is 0 Å². The number of anilines is 1. The number of hydrogen-bond donors (Lipinski definition) is 0. The van der Waals surface area contributed by atoms with Gasteiger partial charge in [-0.1, -0.05) is 24.3 Å². The Bertz CT molecular complexity index is 826. The number of benzene rings is 2. The summed E-state index contributed by atoms with van der Waals surface area (Å²) in [5, 5.41) is 0. The van der Waals surface area contributed by atoms with E-state index in [1.165, 1.54) is 0 Å². The van der Waals surface area contributed by atoms with Crippen molar-refractivity contribution in [2.75, 3.05) is 31.0 Å². The molecule has 0 bridgehead atoms. The lowest BCUT2D eigenvalue weighted by Crippen LogP contribution is -2.55. The largest absolute Gasteiger partial charge is 0.454 e. The molecule has 1 fully saturated rings. The molecule has 0 radical (unpaired) electrons. The van der Waals surface area contributed by atoms with Crippen LogP contribution in [-0.2, 0) is 11.3 Å². The highest BCUT2D eigenvalue weighted by molar-refractivity contribution is 7.98. The number of hydrogen-bond acceptors (Lipinski definition) is 5. The van der Waals surface area contributed by atoms with Crippen LogP contribution in [0, 0.1) is 0 Å². The smallest absolute Gasteiger partial charge is 0.241 e. The molecule has 136 valence electrons. The van der Waals surface area contributed by atoms with Crippen LogP contribution in [0.2, 0.25) is 0 Å². The summed E-state index contributed by atoms with van der Waals surface area (Å²) in [5.74, 6) is 1.73. The normalized spacial score (nSPS) is 19.8. The first kappa shape index (κ1) is 17.2. The summed E-state index contributed by atoms with van der Waals surface area (Å²) in [5.41, 5.74) is 2.08. The van der Waals surface area contributed by atoms with Gasteiger partial charge in [-0.2, -0.15) is 0 Å². The van der Waals surface area contributed by atoms with Gasteiger partial charge in [0.1, 0.15) is 0 Å². The topological polar surface area (TPSA) is 42.0 Å². The van der Waals surface area contributed by atoms with E-state index in [-0.39, 0.29) is 18.7 Å². The highest BCUT2D eigenvalue weighted by atomic mass is 32.2. The maximum atomic E-state index is 12.9. The molecule has 2 heterocycles. The Morgan fingerprint density at radius 2 is 2.00 bits per heavy atom. The Balaban J connectivity index is 1.52. The fourth-order valence-electron chi connectivity index (χ4n) is 3.71. The molecule has 5 nitrogen and oxygen atoms in total. The molecule has 6 heteroatoms. The second kappa shape index (κ2) is 7.21. The summed E-state index contributed by atoms with van der Waals surface area (Å²) in [6.07, 6.45) is 2.04. The number of ether oxygens (including phenoxy) is 2. The van der Waals surface area contributed by atoms with Crippen molar-refractivity contribution in [2.45, 2.75) is 24.4 Å². The van der Waals surface area contributed by atoms with Crippen molar-refractivity contribution < 1.29 is 14.3 Å². The molecular weight excluding hydrogens is 348 g/mol. The number of thioether (sulfide) groups is 1.